The van der Waals surface area contributed by atoms with E-state index in [1.807, 2.05) is 6.20 Å². The Balaban J connectivity index is 1.46. The highest BCUT2D eigenvalue weighted by Crippen LogP contribution is 2.32. The summed E-state index contributed by atoms with van der Waals surface area (Å²) in [5.41, 5.74) is 1.28. The highest BCUT2D eigenvalue weighted by molar-refractivity contribution is 5.76. The van der Waals surface area contributed by atoms with Crippen LogP contribution in [0.2, 0.25) is 0 Å². The number of fused-ring (bicyclic) bond motifs is 1. The van der Waals surface area contributed by atoms with E-state index in [0.29, 0.717) is 11.8 Å². The highest BCUT2D eigenvalue weighted by Gasteiger charge is 2.24. The van der Waals surface area contributed by atoms with Gasteiger partial charge in [-0.25, -0.2) is 0 Å². The smallest absolute Gasteiger partial charge is 0.220 e. The molecule has 0 bridgehead atoms. The number of carbonyl (C=O) groups is 1. The van der Waals surface area contributed by atoms with Crippen molar-refractivity contribution in [3.8, 4) is 0 Å². The lowest BCUT2D eigenvalue weighted by Gasteiger charge is -2.19. The van der Waals surface area contributed by atoms with Gasteiger partial charge in [0.1, 0.15) is 0 Å². The molecule has 1 atom stereocenters. The summed E-state index contributed by atoms with van der Waals surface area (Å²) >= 11 is 0. The van der Waals surface area contributed by atoms with Crippen LogP contribution in [0.3, 0.4) is 0 Å². The number of hydrogen-bond acceptors (Lipinski definition) is 3. The number of hydrogen-bond donors (Lipinski definition) is 1. The fourth-order valence-corrected chi connectivity index (χ4v) is 3.00. The van der Waals surface area contributed by atoms with Gasteiger partial charge in [0.2, 0.25) is 5.91 Å². The molecule has 1 aromatic rings. The summed E-state index contributed by atoms with van der Waals surface area (Å²) in [5.74, 6) is 1.46. The molecule has 0 saturated heterocycles. The van der Waals surface area contributed by atoms with E-state index >= 15 is 0 Å². The summed E-state index contributed by atoms with van der Waals surface area (Å²) < 4.78 is 2.11. The van der Waals surface area contributed by atoms with Crippen LogP contribution < -0.4 is 5.32 Å². The largest absolute Gasteiger partial charge is 0.356 e. The zero-order valence-corrected chi connectivity index (χ0v) is 12.2. The van der Waals surface area contributed by atoms with Crippen molar-refractivity contribution in [2.45, 2.75) is 38.8 Å². The van der Waals surface area contributed by atoms with E-state index in [4.69, 9.17) is 0 Å². The SMILES string of the molecule is CN1Cc2ccnn2C[C@@H](CCNC(=O)CC2CC2)C1. The number of nitrogens with one attached hydrogen (secondary N) is 1. The Labute approximate surface area is 120 Å². The van der Waals surface area contributed by atoms with Crippen molar-refractivity contribution < 1.29 is 4.79 Å². The molecule has 5 nitrogen and oxygen atoms in total. The summed E-state index contributed by atoms with van der Waals surface area (Å²) in [4.78, 5) is 14.0. The van der Waals surface area contributed by atoms with Gasteiger partial charge in [0, 0.05) is 38.8 Å². The highest BCUT2D eigenvalue weighted by atomic mass is 16.1. The molecule has 1 saturated carbocycles. The zero-order chi connectivity index (χ0) is 13.9. The second-order valence-corrected chi connectivity index (χ2v) is 6.35. The molecule has 1 aromatic heterocycles. The van der Waals surface area contributed by atoms with Crippen molar-refractivity contribution in [2.75, 3.05) is 20.1 Å². The minimum atomic E-state index is 0.231. The molecule has 2 heterocycles. The minimum Gasteiger partial charge on any atom is -0.356 e. The number of amides is 1. The summed E-state index contributed by atoms with van der Waals surface area (Å²) in [6.45, 7) is 3.79. The van der Waals surface area contributed by atoms with Crippen LogP contribution in [-0.4, -0.2) is 40.7 Å². The Morgan fingerprint density at radius 2 is 2.25 bits per heavy atom. The predicted molar refractivity (Wildman–Crippen MR) is 77.0 cm³/mol. The van der Waals surface area contributed by atoms with Crippen molar-refractivity contribution in [3.05, 3.63) is 18.0 Å². The zero-order valence-electron chi connectivity index (χ0n) is 12.2. The van der Waals surface area contributed by atoms with E-state index in [-0.39, 0.29) is 5.91 Å². The molecule has 1 aliphatic heterocycles. The summed E-state index contributed by atoms with van der Waals surface area (Å²) in [6, 6.07) is 2.09. The van der Waals surface area contributed by atoms with Crippen LogP contribution in [-0.2, 0) is 17.9 Å². The normalized spacial score (nSPS) is 23.1. The first-order chi connectivity index (χ1) is 9.70. The average Bonchev–Trinajstić information content (AvgIpc) is 3.13. The lowest BCUT2D eigenvalue weighted by molar-refractivity contribution is -0.121. The van der Waals surface area contributed by atoms with Gasteiger partial charge in [0.25, 0.3) is 0 Å². The lowest BCUT2D eigenvalue weighted by Crippen LogP contribution is -2.30. The van der Waals surface area contributed by atoms with E-state index in [1.54, 1.807) is 0 Å². The van der Waals surface area contributed by atoms with Crippen LogP contribution >= 0.6 is 0 Å². The maximum atomic E-state index is 11.7. The Morgan fingerprint density at radius 3 is 3.05 bits per heavy atom. The van der Waals surface area contributed by atoms with Crippen molar-refractivity contribution in [3.63, 3.8) is 0 Å². The van der Waals surface area contributed by atoms with Gasteiger partial charge in [-0.15, -0.1) is 0 Å². The first kappa shape index (κ1) is 13.6. The van der Waals surface area contributed by atoms with E-state index in [9.17, 15) is 4.79 Å². The minimum absolute atomic E-state index is 0.231. The van der Waals surface area contributed by atoms with Gasteiger partial charge in [-0.3, -0.25) is 9.48 Å². The summed E-state index contributed by atoms with van der Waals surface area (Å²) in [6.07, 6.45) is 6.11. The molecule has 1 aliphatic carbocycles. The van der Waals surface area contributed by atoms with Crippen molar-refractivity contribution in [1.82, 2.24) is 20.0 Å². The van der Waals surface area contributed by atoms with Crippen LogP contribution in [0.5, 0.6) is 0 Å². The predicted octanol–water partition coefficient (Wildman–Crippen LogP) is 1.25. The van der Waals surface area contributed by atoms with Crippen LogP contribution in [0, 0.1) is 11.8 Å². The standard InChI is InChI=1S/C15H24N4O/c1-18-9-13(10-19-14(11-18)5-7-17-19)4-6-16-15(20)8-12-2-3-12/h5,7,12-13H,2-4,6,8-11H2,1H3,(H,16,20)/t13-/m0/s1. The molecular formula is C15H24N4O. The third-order valence-electron chi connectivity index (χ3n) is 4.28. The molecular weight excluding hydrogens is 252 g/mol. The molecule has 5 heteroatoms. The van der Waals surface area contributed by atoms with Crippen LogP contribution in [0.25, 0.3) is 0 Å². The summed E-state index contributed by atoms with van der Waals surface area (Å²) in [7, 11) is 2.15. The molecule has 3 rings (SSSR count). The second-order valence-electron chi connectivity index (χ2n) is 6.35. The monoisotopic (exact) mass is 276 g/mol. The number of aromatic nitrogens is 2. The molecule has 0 spiro atoms. The van der Waals surface area contributed by atoms with Gasteiger partial charge in [-0.2, -0.15) is 5.10 Å². The summed E-state index contributed by atoms with van der Waals surface area (Å²) in [5, 5.41) is 7.46. The van der Waals surface area contributed by atoms with Gasteiger partial charge in [-0.05, 0) is 44.2 Å². The topological polar surface area (TPSA) is 50.2 Å². The number of rotatable bonds is 5. The Hall–Kier alpha value is -1.36. The van der Waals surface area contributed by atoms with Gasteiger partial charge in [0.15, 0.2) is 0 Å². The fourth-order valence-electron chi connectivity index (χ4n) is 3.00. The Morgan fingerprint density at radius 1 is 1.40 bits per heavy atom. The number of carbonyl (C=O) groups excluding carboxylic acids is 1. The quantitative estimate of drug-likeness (QED) is 0.880. The molecule has 0 unspecified atom stereocenters. The maximum Gasteiger partial charge on any atom is 0.220 e. The van der Waals surface area contributed by atoms with E-state index in [1.165, 1.54) is 18.5 Å². The van der Waals surface area contributed by atoms with Crippen LogP contribution in [0.4, 0.5) is 0 Å². The first-order valence-corrected chi connectivity index (χ1v) is 7.66. The molecule has 2 aliphatic rings. The van der Waals surface area contributed by atoms with Gasteiger partial charge in [0.05, 0.1) is 5.69 Å². The first-order valence-electron chi connectivity index (χ1n) is 7.66. The molecule has 20 heavy (non-hydrogen) atoms. The number of nitrogens with zero attached hydrogens (tertiary/aromatic N) is 3. The van der Waals surface area contributed by atoms with Gasteiger partial charge >= 0.3 is 0 Å². The Bertz CT molecular complexity index is 466. The van der Waals surface area contributed by atoms with Crippen molar-refractivity contribution >= 4 is 5.91 Å². The third kappa shape index (κ3) is 3.60. The van der Waals surface area contributed by atoms with E-state index in [0.717, 1.165) is 39.0 Å². The Kier molecular flexibility index (Phi) is 4.05. The molecule has 0 radical (unpaired) electrons. The van der Waals surface area contributed by atoms with Crippen LogP contribution in [0.15, 0.2) is 12.3 Å². The average molecular weight is 276 g/mol. The maximum absolute atomic E-state index is 11.7. The molecule has 110 valence electrons. The molecule has 0 aromatic carbocycles. The van der Waals surface area contributed by atoms with Crippen molar-refractivity contribution in [1.29, 1.82) is 0 Å². The third-order valence-corrected chi connectivity index (χ3v) is 4.28. The molecule has 1 amide bonds. The van der Waals surface area contributed by atoms with E-state index in [2.05, 4.69) is 33.1 Å². The van der Waals surface area contributed by atoms with Gasteiger partial charge < -0.3 is 10.2 Å². The second kappa shape index (κ2) is 5.95. The van der Waals surface area contributed by atoms with Gasteiger partial charge in [-0.1, -0.05) is 0 Å². The fraction of sp³-hybridized carbons (Fsp3) is 0.733. The van der Waals surface area contributed by atoms with Crippen LogP contribution in [0.1, 0.15) is 31.4 Å². The lowest BCUT2D eigenvalue weighted by atomic mass is 10.1. The molecule has 1 fully saturated rings. The van der Waals surface area contributed by atoms with Crippen molar-refractivity contribution in [2.24, 2.45) is 11.8 Å². The molecule has 1 N–H and O–H groups in total. The van der Waals surface area contributed by atoms with E-state index < -0.39 is 0 Å².